The molecule has 0 aliphatic carbocycles. The van der Waals surface area contributed by atoms with Gasteiger partial charge in [0.1, 0.15) is 0 Å². The van der Waals surface area contributed by atoms with Crippen molar-refractivity contribution in [2.75, 3.05) is 26.4 Å². The largest absolute Gasteiger partial charge is 0.379 e. The van der Waals surface area contributed by atoms with Gasteiger partial charge >= 0.3 is 0 Å². The first-order chi connectivity index (χ1) is 8.18. The van der Waals surface area contributed by atoms with Crippen molar-refractivity contribution in [1.29, 1.82) is 0 Å². The molecule has 3 N–H and O–H groups in total. The summed E-state index contributed by atoms with van der Waals surface area (Å²) < 4.78 is 10.8. The van der Waals surface area contributed by atoms with Gasteiger partial charge in [0.25, 0.3) is 0 Å². The highest BCUT2D eigenvalue weighted by atomic mass is 16.5. The maximum Gasteiger partial charge on any atom is 0.220 e. The molecule has 100 valence electrons. The van der Waals surface area contributed by atoms with Gasteiger partial charge in [-0.15, -0.1) is 0 Å². The molecule has 1 aliphatic rings. The Balaban J connectivity index is 1.87. The molecular formula is C12H24N2O3. The number of carbonyl (C=O) groups is 1. The Bertz CT molecular complexity index is 216. The lowest BCUT2D eigenvalue weighted by Gasteiger charge is -2.10. The van der Waals surface area contributed by atoms with Crippen molar-refractivity contribution >= 4 is 5.91 Å². The Morgan fingerprint density at radius 1 is 1.65 bits per heavy atom. The molecule has 0 aromatic carbocycles. The van der Waals surface area contributed by atoms with E-state index in [1.165, 1.54) is 0 Å². The van der Waals surface area contributed by atoms with Crippen molar-refractivity contribution in [3.05, 3.63) is 0 Å². The summed E-state index contributed by atoms with van der Waals surface area (Å²) in [6.07, 6.45) is 3.33. The third kappa shape index (κ3) is 7.31. The number of nitrogens with two attached hydrogens (primary N) is 1. The minimum absolute atomic E-state index is 0.0755. The van der Waals surface area contributed by atoms with Crippen molar-refractivity contribution in [3.63, 3.8) is 0 Å². The van der Waals surface area contributed by atoms with Gasteiger partial charge in [-0.05, 0) is 26.2 Å². The van der Waals surface area contributed by atoms with Crippen molar-refractivity contribution in [2.24, 2.45) is 5.73 Å². The second-order valence-corrected chi connectivity index (χ2v) is 4.58. The Morgan fingerprint density at radius 2 is 2.47 bits per heavy atom. The predicted octanol–water partition coefficient (Wildman–Crippen LogP) is 0.426. The first kappa shape index (κ1) is 14.4. The normalized spacial score (nSPS) is 21.4. The van der Waals surface area contributed by atoms with Crippen LogP contribution in [0, 0.1) is 0 Å². The van der Waals surface area contributed by atoms with E-state index in [-0.39, 0.29) is 18.1 Å². The van der Waals surface area contributed by atoms with E-state index in [1.807, 2.05) is 6.92 Å². The number of hydrogen-bond donors (Lipinski definition) is 2. The molecular weight excluding hydrogens is 220 g/mol. The molecule has 1 amide bonds. The molecule has 5 nitrogen and oxygen atoms in total. The second kappa shape index (κ2) is 8.44. The average molecular weight is 244 g/mol. The molecule has 1 aliphatic heterocycles. The lowest BCUT2D eigenvalue weighted by Crippen LogP contribution is -2.27. The average Bonchev–Trinajstić information content (AvgIpc) is 2.79. The molecule has 1 saturated heterocycles. The molecule has 1 rings (SSSR count). The van der Waals surface area contributed by atoms with Crippen LogP contribution in [-0.4, -0.2) is 44.4 Å². The lowest BCUT2D eigenvalue weighted by atomic mass is 10.2. The fraction of sp³-hybridized carbons (Fsp3) is 0.917. The van der Waals surface area contributed by atoms with E-state index in [1.54, 1.807) is 0 Å². The highest BCUT2D eigenvalue weighted by Gasteiger charge is 2.15. The Labute approximate surface area is 103 Å². The second-order valence-electron chi connectivity index (χ2n) is 4.58. The molecule has 0 aromatic rings. The van der Waals surface area contributed by atoms with E-state index in [0.29, 0.717) is 26.2 Å². The number of hydrogen-bond acceptors (Lipinski definition) is 4. The summed E-state index contributed by atoms with van der Waals surface area (Å²) in [7, 11) is 0. The summed E-state index contributed by atoms with van der Waals surface area (Å²) in [6, 6.07) is 0.0893. The van der Waals surface area contributed by atoms with Crippen molar-refractivity contribution in [2.45, 2.75) is 44.8 Å². The van der Waals surface area contributed by atoms with Crippen LogP contribution >= 0.6 is 0 Å². The molecule has 5 heteroatoms. The zero-order valence-corrected chi connectivity index (χ0v) is 10.6. The smallest absolute Gasteiger partial charge is 0.220 e. The fourth-order valence-electron chi connectivity index (χ4n) is 1.64. The van der Waals surface area contributed by atoms with E-state index < -0.39 is 0 Å². The standard InChI is InChI=1S/C12H24N2O3/c1-10(13)3-4-12(15)14-6-2-7-17-11-5-8-16-9-11/h10-11H,2-9,13H2,1H3,(H,14,15). The molecule has 17 heavy (non-hydrogen) atoms. The van der Waals surface area contributed by atoms with Crippen LogP contribution < -0.4 is 11.1 Å². The van der Waals surface area contributed by atoms with Gasteiger partial charge in [-0.2, -0.15) is 0 Å². The minimum atomic E-state index is 0.0755. The summed E-state index contributed by atoms with van der Waals surface area (Å²) in [5.74, 6) is 0.0755. The van der Waals surface area contributed by atoms with Gasteiger partial charge in [-0.25, -0.2) is 0 Å². The maximum atomic E-state index is 11.3. The maximum absolute atomic E-state index is 11.3. The van der Waals surface area contributed by atoms with Gasteiger partial charge in [0.2, 0.25) is 5.91 Å². The molecule has 0 aromatic heterocycles. The number of rotatable bonds is 8. The molecule has 1 heterocycles. The van der Waals surface area contributed by atoms with Gasteiger partial charge in [0, 0.05) is 32.2 Å². The van der Waals surface area contributed by atoms with Crippen LogP contribution in [0.1, 0.15) is 32.6 Å². The first-order valence-electron chi connectivity index (χ1n) is 6.40. The van der Waals surface area contributed by atoms with Gasteiger partial charge in [0.05, 0.1) is 12.7 Å². The van der Waals surface area contributed by atoms with Crippen molar-refractivity contribution in [1.82, 2.24) is 5.32 Å². The van der Waals surface area contributed by atoms with Crippen LogP contribution in [0.15, 0.2) is 0 Å². The number of ether oxygens (including phenoxy) is 2. The van der Waals surface area contributed by atoms with Crippen LogP contribution in [0.4, 0.5) is 0 Å². The summed E-state index contributed by atoms with van der Waals surface area (Å²) in [5, 5.41) is 2.86. The van der Waals surface area contributed by atoms with E-state index >= 15 is 0 Å². The number of carbonyl (C=O) groups excluding carboxylic acids is 1. The summed E-state index contributed by atoms with van der Waals surface area (Å²) in [5.41, 5.74) is 5.58. The zero-order valence-electron chi connectivity index (χ0n) is 10.6. The zero-order chi connectivity index (χ0) is 12.5. The van der Waals surface area contributed by atoms with E-state index in [9.17, 15) is 4.79 Å². The van der Waals surface area contributed by atoms with Gasteiger partial charge < -0.3 is 20.5 Å². The van der Waals surface area contributed by atoms with Crippen molar-refractivity contribution in [3.8, 4) is 0 Å². The Hall–Kier alpha value is -0.650. The first-order valence-corrected chi connectivity index (χ1v) is 6.40. The summed E-state index contributed by atoms with van der Waals surface area (Å²) in [4.78, 5) is 11.3. The van der Waals surface area contributed by atoms with Gasteiger partial charge in [-0.1, -0.05) is 0 Å². The predicted molar refractivity (Wildman–Crippen MR) is 65.7 cm³/mol. The van der Waals surface area contributed by atoms with E-state index in [4.69, 9.17) is 15.2 Å². The molecule has 0 bridgehead atoms. The summed E-state index contributed by atoms with van der Waals surface area (Å²) in [6.45, 7) is 4.77. The molecule has 1 fully saturated rings. The highest BCUT2D eigenvalue weighted by molar-refractivity contribution is 5.75. The monoisotopic (exact) mass is 244 g/mol. The third-order valence-corrected chi connectivity index (χ3v) is 2.71. The Kier molecular flexibility index (Phi) is 7.16. The van der Waals surface area contributed by atoms with E-state index in [0.717, 1.165) is 25.9 Å². The van der Waals surface area contributed by atoms with Gasteiger partial charge in [-0.3, -0.25) is 4.79 Å². The van der Waals surface area contributed by atoms with Crippen LogP contribution in [-0.2, 0) is 14.3 Å². The number of nitrogens with one attached hydrogen (secondary N) is 1. The van der Waals surface area contributed by atoms with Crippen LogP contribution in [0.5, 0.6) is 0 Å². The molecule has 0 radical (unpaired) electrons. The van der Waals surface area contributed by atoms with Crippen molar-refractivity contribution < 1.29 is 14.3 Å². The minimum Gasteiger partial charge on any atom is -0.379 e. The molecule has 2 atom stereocenters. The topological polar surface area (TPSA) is 73.6 Å². The quantitative estimate of drug-likeness (QED) is 0.607. The molecule has 2 unspecified atom stereocenters. The highest BCUT2D eigenvalue weighted by Crippen LogP contribution is 2.07. The van der Waals surface area contributed by atoms with Crippen LogP contribution in [0.2, 0.25) is 0 Å². The van der Waals surface area contributed by atoms with Crippen LogP contribution in [0.3, 0.4) is 0 Å². The Morgan fingerprint density at radius 3 is 3.12 bits per heavy atom. The molecule has 0 spiro atoms. The van der Waals surface area contributed by atoms with Crippen LogP contribution in [0.25, 0.3) is 0 Å². The van der Waals surface area contributed by atoms with Gasteiger partial charge in [0.15, 0.2) is 0 Å². The lowest BCUT2D eigenvalue weighted by molar-refractivity contribution is -0.121. The summed E-state index contributed by atoms with van der Waals surface area (Å²) >= 11 is 0. The van der Waals surface area contributed by atoms with E-state index in [2.05, 4.69) is 5.32 Å². The number of amides is 1. The SMILES string of the molecule is CC(N)CCC(=O)NCCCOC1CCOC1. The third-order valence-electron chi connectivity index (χ3n) is 2.71. The fourth-order valence-corrected chi connectivity index (χ4v) is 1.64. The molecule has 0 saturated carbocycles.